The van der Waals surface area contributed by atoms with Crippen LogP contribution in [0.4, 0.5) is 5.69 Å². The Hall–Kier alpha value is -4.12. The summed E-state index contributed by atoms with van der Waals surface area (Å²) in [6, 6.07) is 11.0. The van der Waals surface area contributed by atoms with Gasteiger partial charge in [0.2, 0.25) is 0 Å². The van der Waals surface area contributed by atoms with Gasteiger partial charge in [-0.25, -0.2) is 13.2 Å². The number of carbonyl (C=O) groups excluding carboxylic acids is 2. The zero-order valence-corrected chi connectivity index (χ0v) is 18.8. The molecule has 34 heavy (non-hydrogen) atoms. The van der Waals surface area contributed by atoms with Crippen molar-refractivity contribution in [3.63, 3.8) is 0 Å². The van der Waals surface area contributed by atoms with Gasteiger partial charge in [0.25, 0.3) is 15.9 Å². The standard InChI is InChI=1S/C23H19N3O7S/c1-31-20-10-16-15-4-2-3-5-18(15)33-19(16)11-17(20)24-22(27)13-32-23(28)14-6-7-21-25-34(29,30)9-8-26(21)12-14/h2-7,10-12H,8-9,13H2,1H3,(H,24,27). The van der Waals surface area contributed by atoms with Gasteiger partial charge in [0.05, 0.1) is 24.1 Å². The predicted molar refractivity (Wildman–Crippen MR) is 125 cm³/mol. The molecular formula is C23H19N3O7S. The zero-order valence-electron chi connectivity index (χ0n) is 18.0. The number of fused-ring (bicyclic) bond motifs is 4. The lowest BCUT2D eigenvalue weighted by Crippen LogP contribution is -2.37. The molecule has 2 aliphatic heterocycles. The quantitative estimate of drug-likeness (QED) is 0.551. The molecule has 0 bridgehead atoms. The van der Waals surface area contributed by atoms with Gasteiger partial charge in [0, 0.05) is 29.6 Å². The van der Waals surface area contributed by atoms with Gasteiger partial charge in [-0.3, -0.25) is 4.79 Å². The third-order valence-electron chi connectivity index (χ3n) is 5.37. The van der Waals surface area contributed by atoms with Crippen LogP contribution in [0.3, 0.4) is 0 Å². The third kappa shape index (κ3) is 4.13. The maximum absolute atomic E-state index is 12.5. The van der Waals surface area contributed by atoms with Crippen LogP contribution in [0.15, 0.2) is 69.1 Å². The van der Waals surface area contributed by atoms with Crippen molar-refractivity contribution in [1.29, 1.82) is 0 Å². The van der Waals surface area contributed by atoms with Crippen molar-refractivity contribution in [2.45, 2.75) is 0 Å². The van der Waals surface area contributed by atoms with Crippen molar-refractivity contribution >= 4 is 55.4 Å². The molecule has 0 saturated carbocycles. The highest BCUT2D eigenvalue weighted by Gasteiger charge is 2.25. The minimum absolute atomic E-state index is 0.150. The topological polar surface area (TPSA) is 128 Å². The number of anilines is 1. The van der Waals surface area contributed by atoms with Crippen molar-refractivity contribution in [3.8, 4) is 5.75 Å². The molecule has 5 rings (SSSR count). The number of hydrogen-bond donors (Lipinski definition) is 1. The molecule has 0 unspecified atom stereocenters. The summed E-state index contributed by atoms with van der Waals surface area (Å²) in [5.74, 6) is -0.771. The summed E-state index contributed by atoms with van der Waals surface area (Å²) in [5, 5.41) is 4.45. The zero-order chi connectivity index (χ0) is 23.9. The van der Waals surface area contributed by atoms with Crippen LogP contribution in [0.2, 0.25) is 0 Å². The number of benzene rings is 2. The molecule has 0 radical (unpaired) electrons. The minimum atomic E-state index is -3.49. The van der Waals surface area contributed by atoms with Crippen LogP contribution in [-0.2, 0) is 24.3 Å². The van der Waals surface area contributed by atoms with Gasteiger partial charge >= 0.3 is 5.97 Å². The Morgan fingerprint density at radius 1 is 1.15 bits per heavy atom. The first-order valence-electron chi connectivity index (χ1n) is 10.3. The molecule has 2 aromatic carbocycles. The van der Waals surface area contributed by atoms with Crippen molar-refractivity contribution in [2.24, 2.45) is 4.40 Å². The number of nitrogens with one attached hydrogen (secondary N) is 1. The van der Waals surface area contributed by atoms with Gasteiger partial charge in [-0.15, -0.1) is 4.40 Å². The second-order valence-electron chi connectivity index (χ2n) is 7.62. The molecule has 174 valence electrons. The van der Waals surface area contributed by atoms with Gasteiger partial charge < -0.3 is 24.1 Å². The van der Waals surface area contributed by atoms with Crippen LogP contribution in [0, 0.1) is 0 Å². The SMILES string of the molecule is COc1cc2c(cc1NC(=O)COC(=O)C1=CN3CCS(=O)(=O)N=C3C=C1)oc1ccccc12. The molecule has 1 amide bonds. The second-order valence-corrected chi connectivity index (χ2v) is 9.37. The van der Waals surface area contributed by atoms with Gasteiger partial charge in [0.1, 0.15) is 22.8 Å². The van der Waals surface area contributed by atoms with Gasteiger partial charge in [-0.05, 0) is 24.3 Å². The Morgan fingerprint density at radius 3 is 2.79 bits per heavy atom. The molecule has 0 aliphatic carbocycles. The van der Waals surface area contributed by atoms with Crippen LogP contribution >= 0.6 is 0 Å². The van der Waals surface area contributed by atoms with E-state index in [9.17, 15) is 18.0 Å². The number of furan rings is 1. The van der Waals surface area contributed by atoms with Gasteiger partial charge in [-0.1, -0.05) is 18.2 Å². The Kier molecular flexibility index (Phi) is 5.33. The number of para-hydroxylation sites is 1. The molecule has 3 aromatic rings. The van der Waals surface area contributed by atoms with Crippen molar-refractivity contribution in [1.82, 2.24) is 4.90 Å². The fourth-order valence-electron chi connectivity index (χ4n) is 3.74. The first-order valence-corrected chi connectivity index (χ1v) is 11.9. The van der Waals surface area contributed by atoms with Crippen LogP contribution in [0.1, 0.15) is 0 Å². The molecule has 0 spiro atoms. The molecule has 2 aliphatic rings. The number of rotatable bonds is 5. The lowest BCUT2D eigenvalue weighted by atomic mass is 10.1. The summed E-state index contributed by atoms with van der Waals surface area (Å²) in [6.45, 7) is -0.354. The summed E-state index contributed by atoms with van der Waals surface area (Å²) >= 11 is 0. The van der Waals surface area contributed by atoms with Crippen molar-refractivity contribution in [2.75, 3.05) is 31.3 Å². The second kappa shape index (κ2) is 8.34. The van der Waals surface area contributed by atoms with Gasteiger partial charge in [0.15, 0.2) is 6.61 Å². The summed E-state index contributed by atoms with van der Waals surface area (Å²) in [5.41, 5.74) is 1.84. The largest absolute Gasteiger partial charge is 0.495 e. The monoisotopic (exact) mass is 481 g/mol. The van der Waals surface area contributed by atoms with E-state index >= 15 is 0 Å². The van der Waals surface area contributed by atoms with Gasteiger partial charge in [-0.2, -0.15) is 0 Å². The Bertz CT molecular complexity index is 1530. The fourth-order valence-corrected chi connectivity index (χ4v) is 4.71. The maximum atomic E-state index is 12.5. The van der Waals surface area contributed by atoms with E-state index in [2.05, 4.69) is 9.71 Å². The average molecular weight is 481 g/mol. The van der Waals surface area contributed by atoms with Crippen LogP contribution in [0.25, 0.3) is 21.9 Å². The fraction of sp³-hybridized carbons (Fsp3) is 0.174. The highest BCUT2D eigenvalue weighted by molar-refractivity contribution is 7.90. The smallest absolute Gasteiger partial charge is 0.340 e. The molecule has 3 heterocycles. The van der Waals surface area contributed by atoms with E-state index in [0.29, 0.717) is 22.6 Å². The number of methoxy groups -OCH3 is 1. The van der Waals surface area contributed by atoms with Crippen LogP contribution < -0.4 is 10.1 Å². The minimum Gasteiger partial charge on any atom is -0.495 e. The number of carbonyl (C=O) groups is 2. The number of sulfonamides is 1. The Morgan fingerprint density at radius 2 is 1.97 bits per heavy atom. The average Bonchev–Trinajstić information content (AvgIpc) is 3.18. The van der Waals surface area contributed by atoms with Crippen molar-refractivity contribution < 1.29 is 31.9 Å². The molecule has 11 heteroatoms. The highest BCUT2D eigenvalue weighted by Crippen LogP contribution is 2.36. The summed E-state index contributed by atoms with van der Waals surface area (Å²) in [4.78, 5) is 26.4. The predicted octanol–water partition coefficient (Wildman–Crippen LogP) is 2.57. The van der Waals surface area contributed by atoms with E-state index in [1.807, 2.05) is 24.3 Å². The van der Waals surface area contributed by atoms with E-state index in [1.54, 1.807) is 17.0 Å². The molecule has 0 atom stereocenters. The lowest BCUT2D eigenvalue weighted by molar-refractivity contribution is -0.143. The first kappa shape index (κ1) is 21.7. The lowest BCUT2D eigenvalue weighted by Gasteiger charge is -2.26. The molecule has 1 aromatic heterocycles. The molecule has 0 fully saturated rings. The van der Waals surface area contributed by atoms with Crippen LogP contribution in [-0.4, -0.2) is 57.0 Å². The third-order valence-corrected chi connectivity index (χ3v) is 6.53. The molecule has 0 saturated heterocycles. The number of esters is 1. The number of nitrogens with zero attached hydrogens (tertiary/aromatic N) is 2. The number of ether oxygens (including phenoxy) is 2. The molecular weight excluding hydrogens is 462 g/mol. The summed E-state index contributed by atoms with van der Waals surface area (Å²) in [7, 11) is -2.00. The van der Waals surface area contributed by atoms with E-state index in [4.69, 9.17) is 13.9 Å². The Labute approximate surface area is 194 Å². The highest BCUT2D eigenvalue weighted by atomic mass is 32.2. The first-order chi connectivity index (χ1) is 16.3. The number of amidine groups is 1. The number of amides is 1. The van der Waals surface area contributed by atoms with Crippen molar-refractivity contribution in [3.05, 3.63) is 60.3 Å². The van der Waals surface area contributed by atoms with E-state index < -0.39 is 28.5 Å². The normalized spacial score (nSPS) is 16.6. The maximum Gasteiger partial charge on any atom is 0.340 e. The van der Waals surface area contributed by atoms with Crippen LogP contribution in [0.5, 0.6) is 5.75 Å². The van der Waals surface area contributed by atoms with E-state index in [-0.39, 0.29) is 23.7 Å². The summed E-state index contributed by atoms with van der Waals surface area (Å²) < 4.78 is 43.2. The van der Waals surface area contributed by atoms with E-state index in [1.165, 1.54) is 25.5 Å². The van der Waals surface area contributed by atoms with E-state index in [0.717, 1.165) is 10.8 Å². The number of hydrogen-bond acceptors (Lipinski definition) is 8. The molecule has 1 N–H and O–H groups in total. The molecule has 10 nitrogen and oxygen atoms in total. The summed E-state index contributed by atoms with van der Waals surface area (Å²) in [6.07, 6.45) is 4.27. The Balaban J connectivity index is 1.27.